The van der Waals surface area contributed by atoms with Gasteiger partial charge < -0.3 is 29.2 Å². The molecule has 2 atom stereocenters. The van der Waals surface area contributed by atoms with Crippen molar-refractivity contribution in [1.29, 1.82) is 0 Å². The molecule has 0 radical (unpaired) electrons. The first-order valence-corrected chi connectivity index (χ1v) is 7.93. The molecule has 1 N–H and O–H groups in total. The highest BCUT2D eigenvalue weighted by Crippen LogP contribution is 2.39. The van der Waals surface area contributed by atoms with E-state index in [1.165, 1.54) is 11.0 Å². The topological polar surface area (TPSA) is 69.3 Å². The maximum atomic E-state index is 12.7. The first-order chi connectivity index (χ1) is 12.0. The highest BCUT2D eigenvalue weighted by Gasteiger charge is 2.31. The second kappa shape index (κ2) is 7.40. The Bertz CT molecular complexity index is 643. The summed E-state index contributed by atoms with van der Waals surface area (Å²) in [5, 5.41) is 3.11. The summed E-state index contributed by atoms with van der Waals surface area (Å²) in [4.78, 5) is 14.1. The number of rotatable bonds is 5. The van der Waals surface area contributed by atoms with Gasteiger partial charge in [0.2, 0.25) is 12.7 Å². The number of benzene rings is 1. The van der Waals surface area contributed by atoms with E-state index in [9.17, 15) is 13.6 Å². The van der Waals surface area contributed by atoms with Crippen LogP contribution in [0.25, 0.3) is 0 Å². The molecule has 2 aliphatic rings. The molecule has 138 valence electrons. The third kappa shape index (κ3) is 3.93. The fourth-order valence-corrected chi connectivity index (χ4v) is 2.88. The van der Waals surface area contributed by atoms with Gasteiger partial charge >= 0.3 is 6.61 Å². The molecule has 1 amide bonds. The van der Waals surface area contributed by atoms with Gasteiger partial charge in [-0.1, -0.05) is 0 Å². The Kier molecular flexibility index (Phi) is 5.24. The van der Waals surface area contributed by atoms with E-state index in [0.29, 0.717) is 30.2 Å². The molecule has 25 heavy (non-hydrogen) atoms. The molecule has 1 aromatic carbocycles. The number of hydrogen-bond donors (Lipinski definition) is 1. The number of nitrogens with zero attached hydrogens (tertiary/aromatic N) is 1. The van der Waals surface area contributed by atoms with Crippen molar-refractivity contribution in [3.63, 3.8) is 0 Å². The van der Waals surface area contributed by atoms with Gasteiger partial charge in [0.25, 0.3) is 0 Å². The molecule has 0 aliphatic carbocycles. The highest BCUT2D eigenvalue weighted by atomic mass is 19.3. The molecule has 1 aromatic rings. The van der Waals surface area contributed by atoms with E-state index in [1.807, 2.05) is 6.92 Å². The summed E-state index contributed by atoms with van der Waals surface area (Å²) in [6.45, 7) is 0.0645. The normalized spacial score (nSPS) is 22.1. The Morgan fingerprint density at radius 1 is 1.40 bits per heavy atom. The van der Waals surface area contributed by atoms with Crippen molar-refractivity contribution >= 4 is 5.91 Å². The summed E-state index contributed by atoms with van der Waals surface area (Å²) >= 11 is 0. The summed E-state index contributed by atoms with van der Waals surface area (Å²) < 4.78 is 45.9. The van der Waals surface area contributed by atoms with Crippen LogP contribution < -0.4 is 19.5 Å². The third-order valence-electron chi connectivity index (χ3n) is 4.14. The lowest BCUT2D eigenvalue weighted by molar-refractivity contribution is -0.138. The van der Waals surface area contributed by atoms with Crippen LogP contribution in [0.15, 0.2) is 12.1 Å². The standard InChI is InChI=1S/C16H20F2N2O5/c1-9-14(19-3-4-22-9)15(21)20(2)7-10-5-12-13(24-8-23-12)6-11(10)25-16(17)18/h5-6,9,14,16,19H,3-4,7-8H2,1-2H3/t9-,14+/m1/s1. The van der Waals surface area contributed by atoms with Gasteiger partial charge in [-0.3, -0.25) is 4.79 Å². The molecule has 7 nitrogen and oxygen atoms in total. The maximum absolute atomic E-state index is 12.7. The van der Waals surface area contributed by atoms with E-state index in [0.717, 1.165) is 0 Å². The van der Waals surface area contributed by atoms with Crippen molar-refractivity contribution in [2.45, 2.75) is 32.2 Å². The summed E-state index contributed by atoms with van der Waals surface area (Å²) in [5.74, 6) is 0.543. The first kappa shape index (κ1) is 17.7. The quantitative estimate of drug-likeness (QED) is 0.857. The Hall–Kier alpha value is -2.13. The number of morpholine rings is 1. The van der Waals surface area contributed by atoms with Gasteiger partial charge in [-0.05, 0) is 13.0 Å². The largest absolute Gasteiger partial charge is 0.454 e. The maximum Gasteiger partial charge on any atom is 0.387 e. The zero-order valence-corrected chi connectivity index (χ0v) is 14.0. The van der Waals surface area contributed by atoms with Crippen molar-refractivity contribution in [1.82, 2.24) is 10.2 Å². The molecule has 1 fully saturated rings. The summed E-state index contributed by atoms with van der Waals surface area (Å²) in [6.07, 6.45) is -0.266. The molecule has 0 saturated carbocycles. The van der Waals surface area contributed by atoms with Crippen LogP contribution in [0.1, 0.15) is 12.5 Å². The Morgan fingerprint density at radius 2 is 2.12 bits per heavy atom. The van der Waals surface area contributed by atoms with Crippen LogP contribution >= 0.6 is 0 Å². The first-order valence-electron chi connectivity index (χ1n) is 7.93. The Labute approximate surface area is 143 Å². The lowest BCUT2D eigenvalue weighted by Crippen LogP contribution is -2.55. The summed E-state index contributed by atoms with van der Waals surface area (Å²) in [6, 6.07) is 2.43. The van der Waals surface area contributed by atoms with Crippen LogP contribution in [0, 0.1) is 0 Å². The average Bonchev–Trinajstić information content (AvgIpc) is 3.01. The van der Waals surface area contributed by atoms with Crippen molar-refractivity contribution in [3.05, 3.63) is 17.7 Å². The summed E-state index contributed by atoms with van der Waals surface area (Å²) in [5.41, 5.74) is 0.407. The van der Waals surface area contributed by atoms with Gasteiger partial charge in [0, 0.05) is 31.8 Å². The molecule has 3 rings (SSSR count). The molecule has 0 spiro atoms. The van der Waals surface area contributed by atoms with Gasteiger partial charge in [0.15, 0.2) is 11.5 Å². The lowest BCUT2D eigenvalue weighted by Gasteiger charge is -2.32. The number of carbonyl (C=O) groups excluding carboxylic acids is 1. The van der Waals surface area contributed by atoms with Crippen molar-refractivity contribution in [2.24, 2.45) is 0 Å². The van der Waals surface area contributed by atoms with Gasteiger partial charge in [-0.2, -0.15) is 8.78 Å². The fourth-order valence-electron chi connectivity index (χ4n) is 2.88. The molecule has 1 saturated heterocycles. The zero-order valence-electron chi connectivity index (χ0n) is 14.0. The predicted octanol–water partition coefficient (Wildman–Crippen LogP) is 1.35. The molecule has 9 heteroatoms. The Morgan fingerprint density at radius 3 is 2.80 bits per heavy atom. The van der Waals surface area contributed by atoms with Gasteiger partial charge in [-0.15, -0.1) is 0 Å². The van der Waals surface area contributed by atoms with Crippen LogP contribution in [0.4, 0.5) is 8.78 Å². The number of fused-ring (bicyclic) bond motifs is 1. The van der Waals surface area contributed by atoms with Crippen molar-refractivity contribution in [2.75, 3.05) is 27.0 Å². The number of halogens is 2. The van der Waals surface area contributed by atoms with Crippen LogP contribution in [0.5, 0.6) is 17.2 Å². The van der Waals surface area contributed by atoms with E-state index >= 15 is 0 Å². The van der Waals surface area contributed by atoms with Crippen LogP contribution in [0.2, 0.25) is 0 Å². The van der Waals surface area contributed by atoms with E-state index in [2.05, 4.69) is 10.1 Å². The predicted molar refractivity (Wildman–Crippen MR) is 82.9 cm³/mol. The number of alkyl halides is 2. The molecule has 0 bridgehead atoms. The number of amides is 1. The van der Waals surface area contributed by atoms with Gasteiger partial charge in [0.05, 0.1) is 12.7 Å². The number of hydrogen-bond acceptors (Lipinski definition) is 6. The van der Waals surface area contributed by atoms with Crippen molar-refractivity contribution < 1.29 is 32.5 Å². The van der Waals surface area contributed by atoms with Crippen molar-refractivity contribution in [3.8, 4) is 17.2 Å². The fraction of sp³-hybridized carbons (Fsp3) is 0.562. The molecule has 2 aliphatic heterocycles. The third-order valence-corrected chi connectivity index (χ3v) is 4.14. The Balaban J connectivity index is 1.77. The number of ether oxygens (including phenoxy) is 4. The van der Waals surface area contributed by atoms with E-state index in [4.69, 9.17) is 14.2 Å². The zero-order chi connectivity index (χ0) is 18.0. The minimum Gasteiger partial charge on any atom is -0.454 e. The summed E-state index contributed by atoms with van der Waals surface area (Å²) in [7, 11) is 1.60. The minimum atomic E-state index is -2.98. The highest BCUT2D eigenvalue weighted by molar-refractivity contribution is 5.82. The lowest BCUT2D eigenvalue weighted by atomic mass is 10.1. The van der Waals surface area contributed by atoms with Crippen LogP contribution in [-0.2, 0) is 16.1 Å². The molecule has 0 unspecified atom stereocenters. The van der Waals surface area contributed by atoms with Gasteiger partial charge in [-0.25, -0.2) is 0 Å². The molecular formula is C16H20F2N2O5. The number of nitrogens with one attached hydrogen (secondary N) is 1. The minimum absolute atomic E-state index is 0.0164. The molecule has 2 heterocycles. The smallest absolute Gasteiger partial charge is 0.387 e. The van der Waals surface area contributed by atoms with E-state index in [-0.39, 0.29) is 31.1 Å². The molecule has 0 aromatic heterocycles. The second-order valence-corrected chi connectivity index (χ2v) is 5.89. The molecular weight excluding hydrogens is 338 g/mol. The van der Waals surface area contributed by atoms with Crippen LogP contribution in [0.3, 0.4) is 0 Å². The average molecular weight is 358 g/mol. The van der Waals surface area contributed by atoms with E-state index in [1.54, 1.807) is 13.1 Å². The second-order valence-electron chi connectivity index (χ2n) is 5.89. The monoisotopic (exact) mass is 358 g/mol. The number of carbonyl (C=O) groups is 1. The van der Waals surface area contributed by atoms with Gasteiger partial charge in [0.1, 0.15) is 11.8 Å². The number of likely N-dealkylation sites (N-methyl/N-ethyl adjacent to an activating group) is 1. The van der Waals surface area contributed by atoms with Crippen LogP contribution in [-0.4, -0.2) is 56.6 Å². The SMILES string of the molecule is C[C@H]1OCCN[C@@H]1C(=O)N(C)Cc1cc2c(cc1OC(F)F)OCO2. The van der Waals surface area contributed by atoms with E-state index < -0.39 is 12.7 Å².